The van der Waals surface area contributed by atoms with E-state index in [1.165, 1.54) is 5.39 Å². The Morgan fingerprint density at radius 1 is 0.455 bits per heavy atom. The normalized spacial score (nSPS) is 11.8. The van der Waals surface area contributed by atoms with E-state index in [2.05, 4.69) is 65.2 Å². The second-order valence-corrected chi connectivity index (χ2v) is 10.9. The highest BCUT2D eigenvalue weighted by molar-refractivity contribution is 7.85. The van der Waals surface area contributed by atoms with Crippen LogP contribution in [0.2, 0.25) is 0 Å². The fourth-order valence-corrected chi connectivity index (χ4v) is 7.40. The molecule has 6 aromatic rings. The first-order valence-electron chi connectivity index (χ1n) is 11.1. The quantitative estimate of drug-likeness (QED) is 0.288. The van der Waals surface area contributed by atoms with Crippen molar-refractivity contribution in [1.82, 2.24) is 4.57 Å². The Morgan fingerprint density at radius 3 is 1.61 bits per heavy atom. The van der Waals surface area contributed by atoms with Gasteiger partial charge in [0.05, 0.1) is 11.0 Å². The van der Waals surface area contributed by atoms with Gasteiger partial charge in [0.2, 0.25) is 0 Å². The zero-order valence-corrected chi connectivity index (χ0v) is 18.9. The summed E-state index contributed by atoms with van der Waals surface area (Å²) in [5.74, 6) is 0. The lowest BCUT2D eigenvalue weighted by Gasteiger charge is -2.20. The maximum Gasteiger partial charge on any atom is 0.171 e. The van der Waals surface area contributed by atoms with Crippen molar-refractivity contribution in [2.75, 3.05) is 0 Å². The molecule has 2 nitrogen and oxygen atoms in total. The Morgan fingerprint density at radius 2 is 0.970 bits per heavy atom. The first kappa shape index (κ1) is 19.8. The Bertz CT molecular complexity index is 1580. The molecule has 0 aliphatic rings. The van der Waals surface area contributed by atoms with Gasteiger partial charge in [0.25, 0.3) is 0 Å². The average Bonchev–Trinajstić information content (AvgIpc) is 3.23. The van der Waals surface area contributed by atoms with Crippen LogP contribution in [0.5, 0.6) is 0 Å². The third kappa shape index (κ3) is 3.15. The number of aromatic nitrogens is 1. The van der Waals surface area contributed by atoms with Crippen LogP contribution in [0.25, 0.3) is 27.5 Å². The Labute approximate surface area is 193 Å². The van der Waals surface area contributed by atoms with Gasteiger partial charge in [-0.1, -0.05) is 109 Å². The van der Waals surface area contributed by atoms with Crippen molar-refractivity contribution in [3.8, 4) is 5.69 Å². The SMILES string of the molecule is O=P(c1ccccc1)(c1ccccc1)c1ccc2c3ccccc3n(-c3ccccc3)c2c1. The number of hydrogen-bond acceptors (Lipinski definition) is 1. The molecule has 3 heteroatoms. The van der Waals surface area contributed by atoms with Crippen molar-refractivity contribution < 1.29 is 4.57 Å². The first-order chi connectivity index (χ1) is 16.3. The van der Waals surface area contributed by atoms with Crippen molar-refractivity contribution in [3.05, 3.63) is 133 Å². The predicted molar refractivity (Wildman–Crippen MR) is 140 cm³/mol. The minimum atomic E-state index is -3.05. The second-order valence-electron chi connectivity index (χ2n) is 8.17. The summed E-state index contributed by atoms with van der Waals surface area (Å²) < 4.78 is 17.2. The van der Waals surface area contributed by atoms with Crippen molar-refractivity contribution in [2.45, 2.75) is 0 Å². The monoisotopic (exact) mass is 443 g/mol. The molecule has 0 spiro atoms. The highest BCUT2D eigenvalue weighted by Crippen LogP contribution is 2.43. The molecule has 0 bridgehead atoms. The molecular formula is C30H22NOP. The summed E-state index contributed by atoms with van der Waals surface area (Å²) in [4.78, 5) is 0. The smallest absolute Gasteiger partial charge is 0.171 e. The molecule has 0 aliphatic heterocycles. The van der Waals surface area contributed by atoms with Gasteiger partial charge in [-0.2, -0.15) is 0 Å². The van der Waals surface area contributed by atoms with Gasteiger partial charge in [0, 0.05) is 32.4 Å². The molecule has 0 unspecified atom stereocenters. The third-order valence-electron chi connectivity index (χ3n) is 6.27. The third-order valence-corrected chi connectivity index (χ3v) is 9.33. The Hall–Kier alpha value is -3.87. The first-order valence-corrected chi connectivity index (χ1v) is 12.8. The van der Waals surface area contributed by atoms with E-state index in [1.807, 2.05) is 72.8 Å². The standard InChI is InChI=1S/C30H22NOP/c32-33(24-14-6-2-7-15-24,25-16-8-3-9-17-25)26-20-21-28-27-18-10-11-19-29(27)31(30(28)22-26)23-12-4-1-5-13-23/h1-22H. The van der Waals surface area contributed by atoms with E-state index in [0.29, 0.717) is 0 Å². The van der Waals surface area contributed by atoms with Crippen LogP contribution in [-0.4, -0.2) is 4.57 Å². The summed E-state index contributed by atoms with van der Waals surface area (Å²) in [6, 6.07) is 44.8. The molecule has 0 radical (unpaired) electrons. The zero-order chi connectivity index (χ0) is 22.3. The van der Waals surface area contributed by atoms with E-state index in [9.17, 15) is 4.57 Å². The van der Waals surface area contributed by atoms with E-state index in [4.69, 9.17) is 0 Å². The maximum absolute atomic E-state index is 14.9. The molecule has 0 atom stereocenters. The van der Waals surface area contributed by atoms with Gasteiger partial charge in [0.1, 0.15) is 0 Å². The van der Waals surface area contributed by atoms with E-state index in [-0.39, 0.29) is 0 Å². The molecule has 0 N–H and O–H groups in total. The van der Waals surface area contributed by atoms with Gasteiger partial charge in [-0.05, 0) is 24.3 Å². The van der Waals surface area contributed by atoms with Crippen LogP contribution in [0.1, 0.15) is 0 Å². The molecule has 33 heavy (non-hydrogen) atoms. The molecule has 0 fully saturated rings. The second kappa shape index (κ2) is 7.92. The van der Waals surface area contributed by atoms with Crippen molar-refractivity contribution in [3.63, 3.8) is 0 Å². The van der Waals surface area contributed by atoms with Gasteiger partial charge >= 0.3 is 0 Å². The number of nitrogens with zero attached hydrogens (tertiary/aromatic N) is 1. The van der Waals surface area contributed by atoms with Gasteiger partial charge in [-0.25, -0.2) is 0 Å². The molecule has 1 aromatic heterocycles. The van der Waals surface area contributed by atoms with Gasteiger partial charge in [-0.15, -0.1) is 0 Å². The van der Waals surface area contributed by atoms with Gasteiger partial charge in [-0.3, -0.25) is 0 Å². The highest BCUT2D eigenvalue weighted by Gasteiger charge is 2.30. The number of hydrogen-bond donors (Lipinski definition) is 0. The van der Waals surface area contributed by atoms with Crippen LogP contribution in [0.3, 0.4) is 0 Å². The molecule has 1 heterocycles. The summed E-state index contributed by atoms with van der Waals surface area (Å²) in [6.07, 6.45) is 0. The number of para-hydroxylation sites is 2. The fraction of sp³-hybridized carbons (Fsp3) is 0. The molecular weight excluding hydrogens is 421 g/mol. The van der Waals surface area contributed by atoms with Crippen molar-refractivity contribution >= 4 is 44.9 Å². The van der Waals surface area contributed by atoms with E-state index < -0.39 is 7.14 Å². The molecule has 0 aliphatic carbocycles. The topological polar surface area (TPSA) is 22.0 Å². The van der Waals surface area contributed by atoms with E-state index in [1.54, 1.807) is 0 Å². The van der Waals surface area contributed by atoms with Crippen LogP contribution in [0, 0.1) is 0 Å². The average molecular weight is 443 g/mol. The molecule has 5 aromatic carbocycles. The highest BCUT2D eigenvalue weighted by atomic mass is 31.2. The largest absolute Gasteiger partial charge is 0.309 e. The fourth-order valence-electron chi connectivity index (χ4n) is 4.73. The van der Waals surface area contributed by atoms with Gasteiger partial charge in [0.15, 0.2) is 7.14 Å². The van der Waals surface area contributed by atoms with E-state index >= 15 is 0 Å². The summed E-state index contributed by atoms with van der Waals surface area (Å²) >= 11 is 0. The Kier molecular flexibility index (Phi) is 4.75. The predicted octanol–water partition coefficient (Wildman–Crippen LogP) is 6.42. The molecule has 0 saturated heterocycles. The summed E-state index contributed by atoms with van der Waals surface area (Å²) in [7, 11) is -3.05. The Balaban J connectivity index is 1.70. The number of rotatable bonds is 4. The molecule has 6 rings (SSSR count). The summed E-state index contributed by atoms with van der Waals surface area (Å²) in [5, 5.41) is 4.88. The minimum Gasteiger partial charge on any atom is -0.309 e. The maximum atomic E-state index is 14.9. The molecule has 158 valence electrons. The lowest BCUT2D eigenvalue weighted by molar-refractivity contribution is 0.592. The minimum absolute atomic E-state index is 0.840. The summed E-state index contributed by atoms with van der Waals surface area (Å²) in [5.41, 5.74) is 3.30. The van der Waals surface area contributed by atoms with Crippen LogP contribution >= 0.6 is 7.14 Å². The molecule has 0 amide bonds. The van der Waals surface area contributed by atoms with Crippen LogP contribution in [0.15, 0.2) is 133 Å². The summed E-state index contributed by atoms with van der Waals surface area (Å²) in [6.45, 7) is 0. The van der Waals surface area contributed by atoms with Crippen molar-refractivity contribution in [2.24, 2.45) is 0 Å². The van der Waals surface area contributed by atoms with Crippen LogP contribution < -0.4 is 15.9 Å². The van der Waals surface area contributed by atoms with Gasteiger partial charge < -0.3 is 9.13 Å². The van der Waals surface area contributed by atoms with Crippen LogP contribution in [-0.2, 0) is 4.57 Å². The van der Waals surface area contributed by atoms with E-state index in [0.717, 1.165) is 38.0 Å². The number of fused-ring (bicyclic) bond motifs is 3. The lowest BCUT2D eigenvalue weighted by atomic mass is 10.2. The molecule has 0 saturated carbocycles. The number of benzene rings is 5. The zero-order valence-electron chi connectivity index (χ0n) is 18.0. The van der Waals surface area contributed by atoms with Crippen LogP contribution in [0.4, 0.5) is 0 Å². The van der Waals surface area contributed by atoms with Crippen molar-refractivity contribution in [1.29, 1.82) is 0 Å². The lowest BCUT2D eigenvalue weighted by Crippen LogP contribution is -2.25.